The van der Waals surface area contributed by atoms with Gasteiger partial charge in [0.15, 0.2) is 0 Å². The summed E-state index contributed by atoms with van der Waals surface area (Å²) in [4.78, 5) is 14.6. The van der Waals surface area contributed by atoms with Gasteiger partial charge >= 0.3 is 0 Å². The number of carbonyl (C=O) groups is 1. The van der Waals surface area contributed by atoms with E-state index >= 15 is 0 Å². The first kappa shape index (κ1) is 15.9. The number of hydrogen-bond donors (Lipinski definition) is 1. The first-order valence-corrected chi connectivity index (χ1v) is 7.71. The van der Waals surface area contributed by atoms with Crippen molar-refractivity contribution in [1.29, 1.82) is 0 Å². The zero-order valence-corrected chi connectivity index (χ0v) is 14.1. The van der Waals surface area contributed by atoms with Gasteiger partial charge in [-0.25, -0.2) is 0 Å². The zero-order chi connectivity index (χ0) is 13.5. The molecular weight excluding hydrogens is 342 g/mol. The number of rotatable bonds is 1. The van der Waals surface area contributed by atoms with E-state index in [4.69, 9.17) is 0 Å². The summed E-state index contributed by atoms with van der Waals surface area (Å²) in [7, 11) is 1.92. The fourth-order valence-corrected chi connectivity index (χ4v) is 3.90. The van der Waals surface area contributed by atoms with E-state index < -0.39 is 0 Å². The van der Waals surface area contributed by atoms with Crippen LogP contribution in [0.4, 0.5) is 0 Å². The lowest BCUT2D eigenvalue weighted by molar-refractivity contribution is 0.0752. The first-order chi connectivity index (χ1) is 9.10. The van der Waals surface area contributed by atoms with Gasteiger partial charge in [0.05, 0.1) is 0 Å². The molecule has 0 bridgehead atoms. The minimum atomic E-state index is 0. The van der Waals surface area contributed by atoms with Crippen LogP contribution in [0, 0.1) is 5.41 Å². The molecule has 0 aromatic carbocycles. The molecule has 0 aliphatic carbocycles. The van der Waals surface area contributed by atoms with Crippen LogP contribution in [0.15, 0.2) is 16.7 Å². The fourth-order valence-electron chi connectivity index (χ4n) is 3.37. The molecule has 2 aliphatic heterocycles. The normalized spacial score (nSPS) is 21.0. The maximum atomic E-state index is 12.6. The van der Waals surface area contributed by atoms with Crippen LogP contribution in [-0.2, 0) is 7.05 Å². The lowest BCUT2D eigenvalue weighted by Gasteiger charge is -2.33. The maximum absolute atomic E-state index is 12.6. The number of piperidine rings is 1. The molecule has 1 aromatic heterocycles. The number of carbonyl (C=O) groups excluding carboxylic acids is 1. The second-order valence-corrected chi connectivity index (χ2v) is 6.80. The van der Waals surface area contributed by atoms with Crippen molar-refractivity contribution in [3.63, 3.8) is 0 Å². The highest BCUT2D eigenvalue weighted by Crippen LogP contribution is 2.39. The number of halogens is 2. The van der Waals surface area contributed by atoms with Crippen LogP contribution in [0.1, 0.15) is 29.8 Å². The molecule has 112 valence electrons. The second kappa shape index (κ2) is 6.08. The lowest BCUT2D eigenvalue weighted by Crippen LogP contribution is -2.40. The summed E-state index contributed by atoms with van der Waals surface area (Å²) in [5, 5.41) is 3.41. The SMILES string of the molecule is Cl.Cn1cc(Br)cc1C(=O)N1CCC2(CCNCC2)C1. The molecule has 3 rings (SSSR count). The maximum Gasteiger partial charge on any atom is 0.270 e. The van der Waals surface area contributed by atoms with E-state index in [9.17, 15) is 4.79 Å². The van der Waals surface area contributed by atoms with Gasteiger partial charge in [-0.3, -0.25) is 4.79 Å². The van der Waals surface area contributed by atoms with Crippen LogP contribution in [0.3, 0.4) is 0 Å². The quantitative estimate of drug-likeness (QED) is 0.833. The Hall–Kier alpha value is -0.520. The third kappa shape index (κ3) is 2.90. The van der Waals surface area contributed by atoms with Gasteiger partial charge in [-0.05, 0) is 59.8 Å². The highest BCUT2D eigenvalue weighted by Gasteiger charge is 2.40. The number of aryl methyl sites for hydroxylation is 1. The van der Waals surface area contributed by atoms with Gasteiger partial charge in [0.25, 0.3) is 5.91 Å². The van der Waals surface area contributed by atoms with E-state index in [1.54, 1.807) is 0 Å². The minimum Gasteiger partial charge on any atom is -0.345 e. The summed E-state index contributed by atoms with van der Waals surface area (Å²) in [6, 6.07) is 1.91. The molecule has 2 fully saturated rings. The van der Waals surface area contributed by atoms with E-state index in [1.165, 1.54) is 12.8 Å². The van der Waals surface area contributed by atoms with Crippen molar-refractivity contribution in [3.8, 4) is 0 Å². The van der Waals surface area contributed by atoms with Gasteiger partial charge in [-0.1, -0.05) is 0 Å². The fraction of sp³-hybridized carbons (Fsp3) is 0.643. The molecule has 0 atom stereocenters. The van der Waals surface area contributed by atoms with Crippen molar-refractivity contribution in [2.45, 2.75) is 19.3 Å². The van der Waals surface area contributed by atoms with Gasteiger partial charge in [-0.15, -0.1) is 12.4 Å². The molecule has 0 saturated carbocycles. The summed E-state index contributed by atoms with van der Waals surface area (Å²) < 4.78 is 2.87. The molecule has 1 N–H and O–H groups in total. The summed E-state index contributed by atoms with van der Waals surface area (Å²) in [5.41, 5.74) is 1.15. The largest absolute Gasteiger partial charge is 0.345 e. The Morgan fingerprint density at radius 2 is 2.05 bits per heavy atom. The Balaban J connectivity index is 0.00000147. The third-order valence-electron chi connectivity index (χ3n) is 4.58. The van der Waals surface area contributed by atoms with E-state index in [0.29, 0.717) is 5.41 Å². The monoisotopic (exact) mass is 361 g/mol. The van der Waals surface area contributed by atoms with Crippen LogP contribution < -0.4 is 5.32 Å². The highest BCUT2D eigenvalue weighted by atomic mass is 79.9. The predicted molar refractivity (Wildman–Crippen MR) is 85.4 cm³/mol. The van der Waals surface area contributed by atoms with E-state index in [0.717, 1.165) is 42.8 Å². The molecule has 2 saturated heterocycles. The van der Waals surface area contributed by atoms with E-state index in [2.05, 4.69) is 21.2 Å². The van der Waals surface area contributed by atoms with Gasteiger partial charge in [0, 0.05) is 30.8 Å². The van der Waals surface area contributed by atoms with Crippen molar-refractivity contribution in [2.75, 3.05) is 26.2 Å². The van der Waals surface area contributed by atoms with Gasteiger partial charge in [0.2, 0.25) is 0 Å². The average molecular weight is 363 g/mol. The van der Waals surface area contributed by atoms with Crippen LogP contribution in [0.2, 0.25) is 0 Å². The van der Waals surface area contributed by atoms with Crippen LogP contribution in [-0.4, -0.2) is 41.6 Å². The molecule has 20 heavy (non-hydrogen) atoms. The number of hydrogen-bond acceptors (Lipinski definition) is 2. The molecule has 1 amide bonds. The van der Waals surface area contributed by atoms with E-state index in [1.807, 2.05) is 28.8 Å². The molecule has 2 aliphatic rings. The number of nitrogens with one attached hydrogen (secondary N) is 1. The molecule has 4 nitrogen and oxygen atoms in total. The number of amides is 1. The minimum absolute atomic E-state index is 0. The standard InChI is InChI=1S/C14H20BrN3O.ClH/c1-17-9-11(15)8-12(17)13(19)18-7-4-14(10-18)2-5-16-6-3-14;/h8-9,16H,2-7,10H2,1H3;1H. The first-order valence-electron chi connectivity index (χ1n) is 6.92. The lowest BCUT2D eigenvalue weighted by atomic mass is 9.78. The second-order valence-electron chi connectivity index (χ2n) is 5.88. The van der Waals surface area contributed by atoms with Crippen molar-refractivity contribution in [3.05, 3.63) is 22.4 Å². The molecule has 1 spiro atoms. The Bertz CT molecular complexity index is 497. The molecule has 1 aromatic rings. The Kier molecular flexibility index (Phi) is 4.82. The number of aromatic nitrogens is 1. The number of likely N-dealkylation sites (tertiary alicyclic amines) is 1. The van der Waals surface area contributed by atoms with Crippen LogP contribution in [0.5, 0.6) is 0 Å². The van der Waals surface area contributed by atoms with Crippen molar-refractivity contribution in [2.24, 2.45) is 12.5 Å². The molecular formula is C14H21BrClN3O. The molecule has 3 heterocycles. The molecule has 0 radical (unpaired) electrons. The summed E-state index contributed by atoms with van der Waals surface area (Å²) in [6.07, 6.45) is 5.50. The van der Waals surface area contributed by atoms with Crippen molar-refractivity contribution in [1.82, 2.24) is 14.8 Å². The van der Waals surface area contributed by atoms with Gasteiger partial charge < -0.3 is 14.8 Å². The summed E-state index contributed by atoms with van der Waals surface area (Å²) in [6.45, 7) is 4.02. The molecule has 6 heteroatoms. The Morgan fingerprint density at radius 1 is 1.35 bits per heavy atom. The van der Waals surface area contributed by atoms with Crippen LogP contribution in [0.25, 0.3) is 0 Å². The summed E-state index contributed by atoms with van der Waals surface area (Å²) >= 11 is 3.43. The van der Waals surface area contributed by atoms with Crippen LogP contribution >= 0.6 is 28.3 Å². The Labute approximate surface area is 134 Å². The molecule has 0 unspecified atom stereocenters. The van der Waals surface area contributed by atoms with E-state index in [-0.39, 0.29) is 18.3 Å². The summed E-state index contributed by atoms with van der Waals surface area (Å²) in [5.74, 6) is 0.170. The predicted octanol–water partition coefficient (Wildman–Crippen LogP) is 2.43. The number of nitrogens with zero attached hydrogens (tertiary/aromatic N) is 2. The smallest absolute Gasteiger partial charge is 0.270 e. The van der Waals surface area contributed by atoms with Crippen molar-refractivity contribution >= 4 is 34.2 Å². The topological polar surface area (TPSA) is 37.3 Å². The third-order valence-corrected chi connectivity index (χ3v) is 5.01. The average Bonchev–Trinajstić information content (AvgIpc) is 2.94. The van der Waals surface area contributed by atoms with Crippen molar-refractivity contribution < 1.29 is 4.79 Å². The highest BCUT2D eigenvalue weighted by molar-refractivity contribution is 9.10. The Morgan fingerprint density at radius 3 is 2.65 bits per heavy atom. The van der Waals surface area contributed by atoms with Gasteiger partial charge in [-0.2, -0.15) is 0 Å². The van der Waals surface area contributed by atoms with Gasteiger partial charge in [0.1, 0.15) is 5.69 Å². The zero-order valence-electron chi connectivity index (χ0n) is 11.7.